The predicted octanol–water partition coefficient (Wildman–Crippen LogP) is 6.33. The van der Waals surface area contributed by atoms with Crippen LogP contribution in [0.1, 0.15) is 6.42 Å². The quantitative estimate of drug-likeness (QED) is 0.252. The van der Waals surface area contributed by atoms with E-state index in [1.54, 1.807) is 18.2 Å². The fraction of sp³-hybridized carbons (Fsp3) is 0.480. The van der Waals surface area contributed by atoms with Gasteiger partial charge in [-0.05, 0) is 17.9 Å². The molecule has 0 radical (unpaired) electrons. The van der Waals surface area contributed by atoms with Crippen molar-refractivity contribution in [2.75, 3.05) is 11.4 Å². The van der Waals surface area contributed by atoms with Gasteiger partial charge in [0.25, 0.3) is 11.8 Å². The SMILES string of the molecule is O=C1C2C3CC(CN3C(=O)C(F)(F)C(F)(F)C(F)(F)C(F)(F)C(F)(F)C(F)(F)C(F)(F)F)N2C(=O)N1c1cccc2ccccc12. The number of likely N-dealkylation sites (tertiary alicyclic amines) is 1. The van der Waals surface area contributed by atoms with Crippen LogP contribution in [0, 0.1) is 0 Å². The van der Waals surface area contributed by atoms with Gasteiger partial charge in [0, 0.05) is 11.9 Å². The number of imide groups is 1. The number of carbonyl (C=O) groups is 3. The van der Waals surface area contributed by atoms with E-state index in [1.165, 1.54) is 24.3 Å². The minimum absolute atomic E-state index is 0.0462. The number of benzene rings is 2. The third-order valence-electron chi connectivity index (χ3n) is 8.13. The topological polar surface area (TPSA) is 60.9 Å². The molecule has 0 spiro atoms. The van der Waals surface area contributed by atoms with Crippen molar-refractivity contribution < 1.29 is 80.2 Å². The maximum absolute atomic E-state index is 14.8. The van der Waals surface area contributed by atoms with Crippen molar-refractivity contribution in [3.8, 4) is 0 Å². The minimum Gasteiger partial charge on any atom is -0.330 e. The molecule has 2 aromatic carbocycles. The summed E-state index contributed by atoms with van der Waals surface area (Å²) < 4.78 is 205. The van der Waals surface area contributed by atoms with Crippen molar-refractivity contribution in [2.24, 2.45) is 0 Å². The molecule has 2 aromatic rings. The molecule has 3 aliphatic heterocycles. The first kappa shape index (κ1) is 33.4. The van der Waals surface area contributed by atoms with Crippen LogP contribution in [-0.4, -0.2) is 94.0 Å². The second kappa shape index (κ2) is 9.55. The van der Waals surface area contributed by atoms with Crippen LogP contribution < -0.4 is 4.90 Å². The Kier molecular flexibility index (Phi) is 6.94. The highest BCUT2D eigenvalue weighted by atomic mass is 19.4. The van der Waals surface area contributed by atoms with Gasteiger partial charge in [-0.15, -0.1) is 0 Å². The summed E-state index contributed by atoms with van der Waals surface area (Å²) in [6, 6.07) is 4.08. The average Bonchev–Trinajstić information content (AvgIpc) is 3.62. The second-order valence-corrected chi connectivity index (χ2v) is 10.7. The summed E-state index contributed by atoms with van der Waals surface area (Å²) in [6.45, 7) is -1.20. The molecule has 252 valence electrons. The summed E-state index contributed by atoms with van der Waals surface area (Å²) in [5, 5.41) is 0.820. The van der Waals surface area contributed by atoms with Crippen LogP contribution in [0.25, 0.3) is 10.8 Å². The van der Waals surface area contributed by atoms with Crippen molar-refractivity contribution in [1.29, 1.82) is 0 Å². The molecule has 4 amide bonds. The number of piperazine rings is 1. The van der Waals surface area contributed by atoms with Crippen molar-refractivity contribution in [3.05, 3.63) is 42.5 Å². The molecular weight excluding hydrogens is 675 g/mol. The first-order valence-electron chi connectivity index (χ1n) is 12.6. The number of nitrogens with zero attached hydrogens (tertiary/aromatic N) is 3. The molecule has 2 bridgehead atoms. The highest BCUT2D eigenvalue weighted by Gasteiger charge is 2.94. The van der Waals surface area contributed by atoms with Gasteiger partial charge in [-0.25, -0.2) is 9.69 Å². The first-order valence-corrected chi connectivity index (χ1v) is 12.6. The third kappa shape index (κ3) is 3.91. The van der Waals surface area contributed by atoms with Gasteiger partial charge in [-0.1, -0.05) is 36.4 Å². The first-order chi connectivity index (χ1) is 20.8. The summed E-state index contributed by atoms with van der Waals surface area (Å²) in [5.41, 5.74) is -0.0462. The molecule has 3 saturated heterocycles. The zero-order valence-electron chi connectivity index (χ0n) is 21.9. The molecule has 0 N–H and O–H groups in total. The number of anilines is 1. The zero-order chi connectivity index (χ0) is 34.8. The van der Waals surface area contributed by atoms with E-state index < -0.39 is 90.6 Å². The molecule has 3 heterocycles. The van der Waals surface area contributed by atoms with Gasteiger partial charge < -0.3 is 9.80 Å². The number of halogens is 15. The highest BCUT2D eigenvalue weighted by molar-refractivity contribution is 6.25. The van der Waals surface area contributed by atoms with E-state index in [4.69, 9.17) is 0 Å². The lowest BCUT2D eigenvalue weighted by Crippen LogP contribution is -2.74. The molecular formula is C25H14F15N3O3. The lowest BCUT2D eigenvalue weighted by Gasteiger charge is -2.42. The van der Waals surface area contributed by atoms with Crippen LogP contribution in [0.15, 0.2) is 42.5 Å². The number of rotatable bonds is 7. The minimum atomic E-state index is -8.54. The molecule has 6 nitrogen and oxygen atoms in total. The Morgan fingerprint density at radius 1 is 0.674 bits per heavy atom. The van der Waals surface area contributed by atoms with Crippen LogP contribution in [0.5, 0.6) is 0 Å². The number of alkyl halides is 15. The molecule has 3 unspecified atom stereocenters. The van der Waals surface area contributed by atoms with E-state index in [0.717, 1.165) is 4.90 Å². The Morgan fingerprint density at radius 3 is 1.78 bits per heavy atom. The van der Waals surface area contributed by atoms with Gasteiger partial charge in [0.1, 0.15) is 6.04 Å². The molecule has 46 heavy (non-hydrogen) atoms. The van der Waals surface area contributed by atoms with Crippen LogP contribution in [0.4, 0.5) is 76.3 Å². The lowest BCUT2D eigenvalue weighted by atomic mass is 9.90. The Morgan fingerprint density at radius 2 is 1.20 bits per heavy atom. The Hall–Kier alpha value is -3.94. The average molecular weight is 689 g/mol. The van der Waals surface area contributed by atoms with E-state index in [1.807, 2.05) is 0 Å². The van der Waals surface area contributed by atoms with E-state index >= 15 is 0 Å². The van der Waals surface area contributed by atoms with E-state index in [0.29, 0.717) is 15.7 Å². The Balaban J connectivity index is 1.46. The fourth-order valence-electron chi connectivity index (χ4n) is 5.80. The van der Waals surface area contributed by atoms with E-state index in [2.05, 4.69) is 0 Å². The van der Waals surface area contributed by atoms with Crippen LogP contribution in [0.3, 0.4) is 0 Å². The monoisotopic (exact) mass is 689 g/mol. The molecule has 0 aliphatic carbocycles. The summed E-state index contributed by atoms with van der Waals surface area (Å²) in [6.07, 6.45) is -8.36. The predicted molar refractivity (Wildman–Crippen MR) is 122 cm³/mol. The molecule has 3 atom stereocenters. The number of carbonyl (C=O) groups excluding carboxylic acids is 3. The normalized spacial score (nSPS) is 23.2. The lowest BCUT2D eigenvalue weighted by molar-refractivity contribution is -0.450. The molecule has 0 saturated carbocycles. The largest absolute Gasteiger partial charge is 0.460 e. The fourth-order valence-corrected chi connectivity index (χ4v) is 5.80. The van der Waals surface area contributed by atoms with E-state index in [-0.39, 0.29) is 10.6 Å². The number of hydrogen-bond acceptors (Lipinski definition) is 3. The van der Waals surface area contributed by atoms with Crippen LogP contribution in [0.2, 0.25) is 0 Å². The third-order valence-corrected chi connectivity index (χ3v) is 8.13. The van der Waals surface area contributed by atoms with Gasteiger partial charge in [0.2, 0.25) is 0 Å². The number of amides is 4. The van der Waals surface area contributed by atoms with Crippen LogP contribution in [-0.2, 0) is 9.59 Å². The van der Waals surface area contributed by atoms with Crippen molar-refractivity contribution in [2.45, 2.75) is 66.3 Å². The number of hydrogen-bond donors (Lipinski definition) is 0. The van der Waals surface area contributed by atoms with Gasteiger partial charge in [0.05, 0.1) is 17.8 Å². The molecule has 3 fully saturated rings. The Bertz CT molecular complexity index is 1620. The second-order valence-electron chi connectivity index (χ2n) is 10.7. The van der Waals surface area contributed by atoms with Crippen molar-refractivity contribution in [3.63, 3.8) is 0 Å². The molecule has 21 heteroatoms. The van der Waals surface area contributed by atoms with Gasteiger partial charge >= 0.3 is 47.7 Å². The maximum Gasteiger partial charge on any atom is 0.460 e. The summed E-state index contributed by atoms with van der Waals surface area (Å²) >= 11 is 0. The van der Waals surface area contributed by atoms with Gasteiger partial charge in [0.15, 0.2) is 0 Å². The number of fused-ring (bicyclic) bond motifs is 6. The smallest absolute Gasteiger partial charge is 0.330 e. The summed E-state index contributed by atoms with van der Waals surface area (Å²) in [7, 11) is 0. The Labute approximate surface area is 245 Å². The van der Waals surface area contributed by atoms with Crippen LogP contribution >= 0.6 is 0 Å². The van der Waals surface area contributed by atoms with Crippen molar-refractivity contribution >= 4 is 34.3 Å². The van der Waals surface area contributed by atoms with E-state index in [9.17, 15) is 80.2 Å². The molecule has 0 aromatic heterocycles. The molecule has 5 rings (SSSR count). The summed E-state index contributed by atoms with van der Waals surface area (Å²) in [4.78, 5) is 40.1. The standard InChI is InChI=1S/C25H14F15N3O3/c26-19(27,20(28,29)21(30,31)22(32,33)23(34,35)24(36,37)25(38,39)40)17(45)41-9-11-8-14(41)15-16(44)43(18(46)42(11)15)13-7-3-5-10-4-1-2-6-12(10)13/h1-7,11,14-15H,8-9H2. The van der Waals surface area contributed by atoms with Gasteiger partial charge in [-0.3, -0.25) is 9.59 Å². The highest BCUT2D eigenvalue weighted by Crippen LogP contribution is 2.62. The molecule has 3 aliphatic rings. The zero-order valence-corrected chi connectivity index (χ0v) is 21.9. The summed E-state index contributed by atoms with van der Waals surface area (Å²) in [5.74, 6) is -53.4. The maximum atomic E-state index is 14.8. The number of urea groups is 1. The van der Waals surface area contributed by atoms with Crippen molar-refractivity contribution in [1.82, 2.24) is 9.80 Å². The van der Waals surface area contributed by atoms with Gasteiger partial charge in [-0.2, -0.15) is 65.9 Å².